The van der Waals surface area contributed by atoms with Crippen LogP contribution in [0.5, 0.6) is 11.5 Å². The Kier molecular flexibility index (Phi) is 5.37. The number of rotatable bonds is 5. The van der Waals surface area contributed by atoms with Gasteiger partial charge in [0.2, 0.25) is 0 Å². The van der Waals surface area contributed by atoms with Gasteiger partial charge in [0.1, 0.15) is 11.3 Å². The second-order valence-electron chi connectivity index (χ2n) is 9.57. The van der Waals surface area contributed by atoms with Crippen LogP contribution < -0.4 is 7.58 Å². The molecule has 0 N–H and O–H groups in total. The molecule has 0 aliphatic heterocycles. The normalized spacial score (nSPS) is 13.2. The second-order valence-corrected chi connectivity index (χ2v) is 10.2. The predicted molar refractivity (Wildman–Crippen MR) is 143 cm³/mol. The fourth-order valence-electron chi connectivity index (χ4n) is 5.05. The molecular weight excluding hydrogens is 445 g/mol. The van der Waals surface area contributed by atoms with Gasteiger partial charge in [-0.25, -0.2) is 4.98 Å². The molecule has 1 radical (unpaired) electrons. The number of hydrogen-bond donors (Lipinski definition) is 0. The molecule has 0 spiro atoms. The topological polar surface area (TPSA) is 31.4 Å². The first-order valence-electron chi connectivity index (χ1n) is 11.9. The van der Waals surface area contributed by atoms with Crippen LogP contribution in [0.3, 0.4) is 0 Å². The lowest BCUT2D eigenvalue weighted by Gasteiger charge is -2.22. The molecule has 0 saturated carbocycles. The van der Waals surface area contributed by atoms with E-state index in [9.17, 15) is 0 Å². The number of benzene rings is 4. The van der Waals surface area contributed by atoms with Crippen molar-refractivity contribution in [3.05, 3.63) is 114 Å². The quantitative estimate of drug-likeness (QED) is 0.249. The minimum absolute atomic E-state index is 0.000690. The number of pyridine rings is 1. The summed E-state index contributed by atoms with van der Waals surface area (Å²) in [6, 6.07) is 33.9. The molecule has 4 aromatic carbocycles. The van der Waals surface area contributed by atoms with E-state index in [4.69, 9.17) is 7.58 Å². The maximum Gasteiger partial charge on any atom is 0.881 e. The summed E-state index contributed by atoms with van der Waals surface area (Å²) in [5.41, 5.74) is 9.72. The highest BCUT2D eigenvalue weighted by Crippen LogP contribution is 2.49. The summed E-state index contributed by atoms with van der Waals surface area (Å²) in [4.78, 5) is 4.63. The van der Waals surface area contributed by atoms with Crippen LogP contribution in [0.25, 0.3) is 33.2 Å². The lowest BCUT2D eigenvalue weighted by molar-refractivity contribution is 0.461. The highest BCUT2D eigenvalue weighted by molar-refractivity contribution is 6.21. The Bertz CT molecular complexity index is 1560. The van der Waals surface area contributed by atoms with Gasteiger partial charge < -0.3 is 7.58 Å². The summed E-state index contributed by atoms with van der Waals surface area (Å²) < 4.78 is 12.0. The maximum atomic E-state index is 6.00. The zero-order valence-electron chi connectivity index (χ0n) is 20.1. The maximum absolute atomic E-state index is 6.00. The van der Waals surface area contributed by atoms with Gasteiger partial charge in [-0.05, 0) is 70.6 Å². The van der Waals surface area contributed by atoms with Crippen molar-refractivity contribution in [1.82, 2.24) is 4.98 Å². The molecule has 6 rings (SSSR count). The van der Waals surface area contributed by atoms with Gasteiger partial charge in [0.05, 0.1) is 5.75 Å². The van der Waals surface area contributed by atoms with Crippen molar-refractivity contribution in [3.63, 3.8) is 0 Å². The molecule has 1 aromatic heterocycles. The molecule has 1 aliphatic carbocycles. The van der Waals surface area contributed by atoms with Gasteiger partial charge in [-0.1, -0.05) is 80.6 Å². The SMILES string of the molecule is Cc1ccc2cccc([O][Al][O]c3ccc(-c4ccc5c(c4)C(C)(C)c4ccccc4-5)cc3)c2n1. The van der Waals surface area contributed by atoms with Crippen LogP contribution in [-0.2, 0) is 5.41 Å². The number of aromatic nitrogens is 1. The van der Waals surface area contributed by atoms with E-state index in [1.54, 1.807) is 0 Å². The van der Waals surface area contributed by atoms with E-state index in [0.29, 0.717) is 0 Å². The number of aryl methyl sites for hydroxylation is 1. The van der Waals surface area contributed by atoms with Crippen molar-refractivity contribution in [2.24, 2.45) is 0 Å². The van der Waals surface area contributed by atoms with E-state index in [0.717, 1.165) is 28.1 Å². The standard InChI is InChI=1S/C21H18O.C10H9NO.Al/c1-21(2)19-6-4-3-5-17(19)18-12-9-15(13-20(18)21)14-7-10-16(22)11-8-14;1-7-5-6-8-3-2-4-9(12)10(8)11-7;/h3-13,22H,1-2H3;2-6,12H,1H3;/q;;+2/p-2. The summed E-state index contributed by atoms with van der Waals surface area (Å²) in [6.07, 6.45) is 0. The monoisotopic (exact) mass is 470 g/mol. The Labute approximate surface area is 212 Å². The van der Waals surface area contributed by atoms with Gasteiger partial charge in [0.25, 0.3) is 0 Å². The minimum atomic E-state index is -0.702. The van der Waals surface area contributed by atoms with Crippen LogP contribution >= 0.6 is 0 Å². The molecule has 1 heterocycles. The summed E-state index contributed by atoms with van der Waals surface area (Å²) in [6.45, 7) is 6.61. The fourth-order valence-corrected chi connectivity index (χ4v) is 5.66. The van der Waals surface area contributed by atoms with E-state index in [-0.39, 0.29) is 5.41 Å². The molecule has 3 nitrogen and oxygen atoms in total. The molecule has 0 saturated heterocycles. The molecule has 0 fully saturated rings. The van der Waals surface area contributed by atoms with Crippen molar-refractivity contribution >= 4 is 26.8 Å². The van der Waals surface area contributed by atoms with Gasteiger partial charge in [-0.2, -0.15) is 0 Å². The van der Waals surface area contributed by atoms with Crippen LogP contribution in [0, 0.1) is 6.92 Å². The largest absolute Gasteiger partial charge is 0.881 e. The van der Waals surface area contributed by atoms with Crippen LogP contribution in [0.1, 0.15) is 30.7 Å². The van der Waals surface area contributed by atoms with E-state index in [1.165, 1.54) is 33.4 Å². The molecule has 35 heavy (non-hydrogen) atoms. The van der Waals surface area contributed by atoms with E-state index in [1.807, 2.05) is 43.3 Å². The van der Waals surface area contributed by atoms with Crippen LogP contribution in [0.4, 0.5) is 0 Å². The highest BCUT2D eigenvalue weighted by atomic mass is 27.2. The fraction of sp³-hybridized carbons (Fsp3) is 0.129. The van der Waals surface area contributed by atoms with Crippen LogP contribution in [0.2, 0.25) is 0 Å². The Morgan fingerprint density at radius 2 is 1.46 bits per heavy atom. The molecule has 1 aliphatic rings. The van der Waals surface area contributed by atoms with E-state index in [2.05, 4.69) is 79.5 Å². The lowest BCUT2D eigenvalue weighted by atomic mass is 9.81. The van der Waals surface area contributed by atoms with E-state index < -0.39 is 15.9 Å². The van der Waals surface area contributed by atoms with Gasteiger partial charge in [-0.3, -0.25) is 0 Å². The van der Waals surface area contributed by atoms with Crippen LogP contribution in [-0.4, -0.2) is 20.9 Å². The summed E-state index contributed by atoms with van der Waals surface area (Å²) >= 11 is -0.702. The Morgan fingerprint density at radius 1 is 0.686 bits per heavy atom. The lowest BCUT2D eigenvalue weighted by Crippen LogP contribution is -2.14. The van der Waals surface area contributed by atoms with Crippen molar-refractivity contribution < 1.29 is 7.58 Å². The molecule has 5 aromatic rings. The number of fused-ring (bicyclic) bond motifs is 4. The number of para-hydroxylation sites is 1. The third-order valence-electron chi connectivity index (χ3n) is 6.95. The Balaban J connectivity index is 1.18. The average Bonchev–Trinajstić information content (AvgIpc) is 3.11. The highest BCUT2D eigenvalue weighted by Gasteiger charge is 2.35. The minimum Gasteiger partial charge on any atom is -0.616 e. The third-order valence-corrected chi connectivity index (χ3v) is 7.67. The zero-order chi connectivity index (χ0) is 24.0. The molecule has 0 atom stereocenters. The number of nitrogens with zero attached hydrogens (tertiary/aromatic N) is 1. The van der Waals surface area contributed by atoms with Gasteiger partial charge >= 0.3 is 15.9 Å². The van der Waals surface area contributed by atoms with Gasteiger partial charge in [0.15, 0.2) is 0 Å². The summed E-state index contributed by atoms with van der Waals surface area (Å²) in [7, 11) is 0. The van der Waals surface area contributed by atoms with E-state index >= 15 is 0 Å². The van der Waals surface area contributed by atoms with Gasteiger partial charge in [-0.15, -0.1) is 0 Å². The molecular formula is C31H25AlNO2. The summed E-state index contributed by atoms with van der Waals surface area (Å²) in [5, 5.41) is 1.07. The first-order chi connectivity index (χ1) is 17.0. The van der Waals surface area contributed by atoms with Crippen molar-refractivity contribution in [1.29, 1.82) is 0 Å². The first-order valence-corrected chi connectivity index (χ1v) is 12.8. The Morgan fingerprint density at radius 3 is 2.31 bits per heavy atom. The third kappa shape index (κ3) is 3.90. The molecule has 0 bridgehead atoms. The van der Waals surface area contributed by atoms with Gasteiger partial charge in [0, 0.05) is 16.5 Å². The molecule has 0 amide bonds. The molecule has 4 heteroatoms. The molecule has 0 unspecified atom stereocenters. The second kappa shape index (κ2) is 8.57. The number of hydrogen-bond acceptors (Lipinski definition) is 3. The van der Waals surface area contributed by atoms with Crippen molar-refractivity contribution in [3.8, 4) is 33.8 Å². The van der Waals surface area contributed by atoms with Crippen molar-refractivity contribution in [2.45, 2.75) is 26.2 Å². The van der Waals surface area contributed by atoms with Crippen LogP contribution in [0.15, 0.2) is 97.1 Å². The Hall–Kier alpha value is -3.58. The summed E-state index contributed by atoms with van der Waals surface area (Å²) in [5.74, 6) is 1.57. The molecule has 169 valence electrons. The average molecular weight is 471 g/mol. The van der Waals surface area contributed by atoms with Crippen molar-refractivity contribution in [2.75, 3.05) is 0 Å². The smallest absolute Gasteiger partial charge is 0.616 e. The predicted octanol–water partition coefficient (Wildman–Crippen LogP) is 7.51. The zero-order valence-corrected chi connectivity index (χ0v) is 21.2. The first kappa shape index (κ1) is 21.9.